The third-order valence-corrected chi connectivity index (χ3v) is 7.90. The highest BCUT2D eigenvalue weighted by molar-refractivity contribution is 5.71. The Hall–Kier alpha value is -2.96. The van der Waals surface area contributed by atoms with Crippen LogP contribution in [-0.4, -0.2) is 24.1 Å². The maximum absolute atomic E-state index is 13.7. The van der Waals surface area contributed by atoms with Crippen molar-refractivity contribution in [1.82, 2.24) is 4.90 Å². The topological polar surface area (TPSA) is 38.8 Å². The molecule has 2 aliphatic rings. The zero-order valence-electron chi connectivity index (χ0n) is 22.1. The molecular formula is C28H28F9NO3. The summed E-state index contributed by atoms with van der Waals surface area (Å²) in [5.74, 6) is 0. The van der Waals surface area contributed by atoms with Crippen molar-refractivity contribution in [2.75, 3.05) is 7.11 Å². The maximum Gasteiger partial charge on any atom is 0.416 e. The molecule has 0 N–H and O–H groups in total. The minimum atomic E-state index is -5.11. The van der Waals surface area contributed by atoms with Gasteiger partial charge in [0.1, 0.15) is 6.10 Å². The van der Waals surface area contributed by atoms with Crippen molar-refractivity contribution in [2.45, 2.75) is 88.3 Å². The first-order valence-corrected chi connectivity index (χ1v) is 13.0. The molecule has 1 aliphatic heterocycles. The molecule has 4 rings (SSSR count). The molecular weight excluding hydrogens is 569 g/mol. The van der Waals surface area contributed by atoms with Crippen molar-refractivity contribution in [1.29, 1.82) is 0 Å². The second-order valence-electron chi connectivity index (χ2n) is 10.5. The Morgan fingerprint density at radius 3 is 1.85 bits per heavy atom. The van der Waals surface area contributed by atoms with Crippen LogP contribution in [0.1, 0.15) is 84.9 Å². The number of hydrogen-bond donors (Lipinski definition) is 0. The average Bonchev–Trinajstić information content (AvgIpc) is 3.04. The molecule has 13 heteroatoms. The van der Waals surface area contributed by atoms with Crippen molar-refractivity contribution in [3.63, 3.8) is 0 Å². The van der Waals surface area contributed by atoms with E-state index in [-0.39, 0.29) is 11.6 Å². The first-order chi connectivity index (χ1) is 19.0. The van der Waals surface area contributed by atoms with Crippen LogP contribution in [0.2, 0.25) is 0 Å². The lowest BCUT2D eigenvalue weighted by molar-refractivity contribution is -0.143. The smallest absolute Gasteiger partial charge is 0.416 e. The minimum Gasteiger partial charge on any atom is -0.439 e. The van der Waals surface area contributed by atoms with Crippen LogP contribution in [0.4, 0.5) is 44.3 Å². The van der Waals surface area contributed by atoms with Gasteiger partial charge in [0.25, 0.3) is 0 Å². The standard InChI is InChI=1S/C28H28F9NO3/c1-16-23(17-11-20(27(32,33)34)14-21(12-17)28(35,36)37)41-24(39)38(16)15-18-13-19(26(29,30)31)7-8-22(18)25(40-2)9-5-3-4-6-10-25/h7-8,11-14,16,23H,3-6,9-10,15H2,1-2H3/t16-,23+/m1/s1. The number of benzene rings is 2. The lowest BCUT2D eigenvalue weighted by atomic mass is 9.82. The number of carbonyl (C=O) groups is 1. The molecule has 1 amide bonds. The van der Waals surface area contributed by atoms with Gasteiger partial charge < -0.3 is 9.47 Å². The first-order valence-electron chi connectivity index (χ1n) is 13.0. The molecule has 4 nitrogen and oxygen atoms in total. The van der Waals surface area contributed by atoms with Crippen molar-refractivity contribution < 1.29 is 53.8 Å². The molecule has 1 saturated heterocycles. The zero-order chi connectivity index (χ0) is 30.4. The molecule has 0 bridgehead atoms. The molecule has 0 radical (unpaired) electrons. The van der Waals surface area contributed by atoms with Crippen molar-refractivity contribution in [3.05, 3.63) is 69.8 Å². The fourth-order valence-electron chi connectivity index (χ4n) is 5.71. The number of amides is 1. The molecule has 226 valence electrons. The Balaban J connectivity index is 1.75. The number of rotatable bonds is 5. The van der Waals surface area contributed by atoms with Gasteiger partial charge in [0.05, 0.1) is 28.3 Å². The van der Waals surface area contributed by atoms with Crippen LogP contribution in [0.3, 0.4) is 0 Å². The number of carbonyl (C=O) groups excluding carboxylic acids is 1. The van der Waals surface area contributed by atoms with Crippen LogP contribution >= 0.6 is 0 Å². The van der Waals surface area contributed by atoms with Crippen LogP contribution in [0.15, 0.2) is 36.4 Å². The van der Waals surface area contributed by atoms with Gasteiger partial charge >= 0.3 is 24.6 Å². The van der Waals surface area contributed by atoms with Gasteiger partial charge in [-0.25, -0.2) is 4.79 Å². The van der Waals surface area contributed by atoms with E-state index in [0.717, 1.165) is 42.7 Å². The molecule has 41 heavy (non-hydrogen) atoms. The Morgan fingerprint density at radius 1 is 0.829 bits per heavy atom. The largest absolute Gasteiger partial charge is 0.439 e. The molecule has 1 aliphatic carbocycles. The number of alkyl halides is 9. The molecule has 1 saturated carbocycles. The van der Waals surface area contributed by atoms with Gasteiger partial charge in [-0.05, 0) is 66.8 Å². The van der Waals surface area contributed by atoms with Gasteiger partial charge in [0, 0.05) is 13.7 Å². The summed E-state index contributed by atoms with van der Waals surface area (Å²) in [6.07, 6.45) is -13.1. The highest BCUT2D eigenvalue weighted by atomic mass is 19.4. The monoisotopic (exact) mass is 597 g/mol. The maximum atomic E-state index is 13.7. The zero-order valence-corrected chi connectivity index (χ0v) is 22.1. The number of methoxy groups -OCH3 is 1. The quantitative estimate of drug-likeness (QED) is 0.255. The Bertz CT molecular complexity index is 1230. The summed E-state index contributed by atoms with van der Waals surface area (Å²) in [4.78, 5) is 13.9. The predicted molar refractivity (Wildman–Crippen MR) is 129 cm³/mol. The van der Waals surface area contributed by atoms with Crippen LogP contribution in [0, 0.1) is 0 Å². The lowest BCUT2D eigenvalue weighted by Crippen LogP contribution is -2.35. The van der Waals surface area contributed by atoms with Gasteiger partial charge in [-0.15, -0.1) is 0 Å². The molecule has 0 unspecified atom stereocenters. The lowest BCUT2D eigenvalue weighted by Gasteiger charge is -2.35. The third kappa shape index (κ3) is 6.44. The van der Waals surface area contributed by atoms with E-state index in [1.807, 2.05) is 0 Å². The molecule has 2 aromatic carbocycles. The fourth-order valence-corrected chi connectivity index (χ4v) is 5.71. The van der Waals surface area contributed by atoms with E-state index in [2.05, 4.69) is 0 Å². The van der Waals surface area contributed by atoms with Crippen LogP contribution in [0.5, 0.6) is 0 Å². The number of nitrogens with zero attached hydrogens (tertiary/aromatic N) is 1. The van der Waals surface area contributed by atoms with Crippen molar-refractivity contribution in [3.8, 4) is 0 Å². The highest BCUT2D eigenvalue weighted by Gasteiger charge is 2.45. The SMILES string of the molecule is COC1(c2ccc(C(F)(F)F)cc2CN2C(=O)O[C@H](c3cc(C(F)(F)F)cc(C(F)(F)F)c3)[C@H]2C)CCCCCC1. The van der Waals surface area contributed by atoms with Gasteiger partial charge in [-0.3, -0.25) is 4.90 Å². The van der Waals surface area contributed by atoms with Crippen LogP contribution < -0.4 is 0 Å². The Morgan fingerprint density at radius 2 is 1.37 bits per heavy atom. The summed E-state index contributed by atoms with van der Waals surface area (Å²) < 4.78 is 133. The fraction of sp³-hybridized carbons (Fsp3) is 0.536. The van der Waals surface area contributed by atoms with Crippen molar-refractivity contribution >= 4 is 6.09 Å². The van der Waals surface area contributed by atoms with E-state index < -0.39 is 71.2 Å². The number of cyclic esters (lactones) is 1. The van der Waals surface area contributed by atoms with Gasteiger partial charge in [0.2, 0.25) is 0 Å². The summed E-state index contributed by atoms with van der Waals surface area (Å²) >= 11 is 0. The summed E-state index contributed by atoms with van der Waals surface area (Å²) in [5, 5.41) is 0. The van der Waals surface area contributed by atoms with E-state index in [9.17, 15) is 44.3 Å². The first kappa shape index (κ1) is 31.0. The van der Waals surface area contributed by atoms with Gasteiger partial charge in [0.15, 0.2) is 0 Å². The van der Waals surface area contributed by atoms with E-state index >= 15 is 0 Å². The Kier molecular flexibility index (Phi) is 8.34. The summed E-state index contributed by atoms with van der Waals surface area (Å²) in [6.45, 7) is 0.931. The molecule has 1 heterocycles. The van der Waals surface area contributed by atoms with Gasteiger partial charge in [-0.1, -0.05) is 31.7 Å². The Labute approximate surface area is 230 Å². The van der Waals surface area contributed by atoms with E-state index in [0.29, 0.717) is 30.5 Å². The molecule has 2 fully saturated rings. The number of hydrogen-bond acceptors (Lipinski definition) is 3. The summed E-state index contributed by atoms with van der Waals surface area (Å²) in [6, 6.07) is 2.97. The van der Waals surface area contributed by atoms with E-state index in [1.54, 1.807) is 0 Å². The summed E-state index contributed by atoms with van der Waals surface area (Å²) in [7, 11) is 1.46. The predicted octanol–water partition coefficient (Wildman–Crippen LogP) is 9.02. The molecule has 0 aromatic heterocycles. The second kappa shape index (κ2) is 11.0. The highest BCUT2D eigenvalue weighted by Crippen LogP contribution is 2.45. The average molecular weight is 598 g/mol. The molecule has 2 aromatic rings. The van der Waals surface area contributed by atoms with Crippen molar-refractivity contribution in [2.24, 2.45) is 0 Å². The van der Waals surface area contributed by atoms with Crippen LogP contribution in [-0.2, 0) is 40.1 Å². The second-order valence-corrected chi connectivity index (χ2v) is 10.5. The van der Waals surface area contributed by atoms with Crippen LogP contribution in [0.25, 0.3) is 0 Å². The minimum absolute atomic E-state index is 0.0332. The number of ether oxygens (including phenoxy) is 2. The van der Waals surface area contributed by atoms with E-state index in [1.165, 1.54) is 20.1 Å². The third-order valence-electron chi connectivity index (χ3n) is 7.90. The normalized spacial score (nSPS) is 22.0. The molecule has 2 atom stereocenters. The molecule has 0 spiro atoms. The summed E-state index contributed by atoms with van der Waals surface area (Å²) in [5.41, 5.74) is -5.02. The van der Waals surface area contributed by atoms with E-state index in [4.69, 9.17) is 9.47 Å². The number of halogens is 9. The van der Waals surface area contributed by atoms with Gasteiger partial charge in [-0.2, -0.15) is 39.5 Å².